The van der Waals surface area contributed by atoms with E-state index < -0.39 is 0 Å². The summed E-state index contributed by atoms with van der Waals surface area (Å²) < 4.78 is 5.82. The Morgan fingerprint density at radius 2 is 1.88 bits per heavy atom. The number of ether oxygens (including phenoxy) is 1. The maximum Gasteiger partial charge on any atom is 0.0565 e. The lowest BCUT2D eigenvalue weighted by atomic mass is 9.95. The first-order chi connectivity index (χ1) is 7.69. The molecule has 2 rings (SSSR count). The van der Waals surface area contributed by atoms with Crippen LogP contribution >= 0.6 is 0 Å². The highest BCUT2D eigenvalue weighted by molar-refractivity contribution is 4.86. The van der Waals surface area contributed by atoms with Gasteiger partial charge in [0.05, 0.1) is 12.2 Å². The van der Waals surface area contributed by atoms with Gasteiger partial charge in [-0.25, -0.2) is 0 Å². The standard InChI is InChI=1S/C13H26N2O/c1-10-7-13(8-11(2)16-10)15-6-4-5-12(9-15)14-3/h10-14H,4-9H2,1-3H3. The van der Waals surface area contributed by atoms with Crippen LogP contribution in [0.2, 0.25) is 0 Å². The first-order valence-corrected chi connectivity index (χ1v) is 6.75. The molecule has 3 nitrogen and oxygen atoms in total. The van der Waals surface area contributed by atoms with E-state index in [2.05, 4.69) is 31.1 Å². The third kappa shape index (κ3) is 2.96. The Kier molecular flexibility index (Phi) is 4.22. The Labute approximate surface area is 99.5 Å². The van der Waals surface area contributed by atoms with Crippen molar-refractivity contribution >= 4 is 0 Å². The summed E-state index contributed by atoms with van der Waals surface area (Å²) in [6, 6.07) is 1.44. The molecule has 0 aromatic heterocycles. The van der Waals surface area contributed by atoms with E-state index in [-0.39, 0.29) is 0 Å². The summed E-state index contributed by atoms with van der Waals surface area (Å²) in [5.41, 5.74) is 0. The van der Waals surface area contributed by atoms with Crippen LogP contribution in [0.15, 0.2) is 0 Å². The SMILES string of the molecule is CNC1CCCN(C2CC(C)OC(C)C2)C1. The molecule has 0 bridgehead atoms. The monoisotopic (exact) mass is 226 g/mol. The zero-order chi connectivity index (χ0) is 11.5. The molecule has 2 aliphatic rings. The molecule has 3 atom stereocenters. The van der Waals surface area contributed by atoms with Crippen LogP contribution in [0, 0.1) is 0 Å². The number of hydrogen-bond acceptors (Lipinski definition) is 3. The van der Waals surface area contributed by atoms with Gasteiger partial charge >= 0.3 is 0 Å². The molecule has 0 radical (unpaired) electrons. The van der Waals surface area contributed by atoms with Gasteiger partial charge in [-0.3, -0.25) is 4.90 Å². The maximum absolute atomic E-state index is 5.82. The van der Waals surface area contributed by atoms with Crippen LogP contribution in [0.5, 0.6) is 0 Å². The molecular weight excluding hydrogens is 200 g/mol. The van der Waals surface area contributed by atoms with Gasteiger partial charge in [0.1, 0.15) is 0 Å². The van der Waals surface area contributed by atoms with Crippen LogP contribution in [-0.4, -0.2) is 49.3 Å². The van der Waals surface area contributed by atoms with Crippen molar-refractivity contribution in [1.82, 2.24) is 10.2 Å². The van der Waals surface area contributed by atoms with Crippen molar-refractivity contribution in [2.75, 3.05) is 20.1 Å². The summed E-state index contributed by atoms with van der Waals surface area (Å²) in [7, 11) is 2.09. The highest BCUT2D eigenvalue weighted by atomic mass is 16.5. The molecule has 16 heavy (non-hydrogen) atoms. The molecule has 2 heterocycles. The molecule has 2 saturated heterocycles. The normalized spacial score (nSPS) is 42.2. The minimum Gasteiger partial charge on any atom is -0.375 e. The van der Waals surface area contributed by atoms with Gasteiger partial charge < -0.3 is 10.1 Å². The molecule has 1 N–H and O–H groups in total. The number of piperidine rings is 1. The molecule has 3 heteroatoms. The summed E-state index contributed by atoms with van der Waals surface area (Å²) in [4.78, 5) is 2.68. The van der Waals surface area contributed by atoms with Crippen molar-refractivity contribution in [3.8, 4) is 0 Å². The number of hydrogen-bond donors (Lipinski definition) is 1. The van der Waals surface area contributed by atoms with Crippen LogP contribution in [0.1, 0.15) is 39.5 Å². The van der Waals surface area contributed by atoms with Crippen molar-refractivity contribution in [2.24, 2.45) is 0 Å². The Bertz CT molecular complexity index is 212. The van der Waals surface area contributed by atoms with Gasteiger partial charge in [0.15, 0.2) is 0 Å². The van der Waals surface area contributed by atoms with Gasteiger partial charge in [-0.05, 0) is 53.1 Å². The van der Waals surface area contributed by atoms with Crippen LogP contribution in [0.25, 0.3) is 0 Å². The number of nitrogens with zero attached hydrogens (tertiary/aromatic N) is 1. The molecule has 2 fully saturated rings. The molecule has 0 spiro atoms. The van der Waals surface area contributed by atoms with Crippen molar-refractivity contribution in [3.05, 3.63) is 0 Å². The van der Waals surface area contributed by atoms with E-state index in [0.29, 0.717) is 18.2 Å². The number of likely N-dealkylation sites (N-methyl/N-ethyl adjacent to an activating group) is 1. The molecule has 0 saturated carbocycles. The summed E-state index contributed by atoms with van der Waals surface area (Å²) in [6.07, 6.45) is 5.96. The van der Waals surface area contributed by atoms with Crippen LogP contribution in [0.4, 0.5) is 0 Å². The largest absolute Gasteiger partial charge is 0.375 e. The number of rotatable bonds is 2. The fourth-order valence-electron chi connectivity index (χ4n) is 3.24. The van der Waals surface area contributed by atoms with E-state index >= 15 is 0 Å². The molecule has 0 aliphatic carbocycles. The Morgan fingerprint density at radius 1 is 1.19 bits per heavy atom. The molecule has 3 unspecified atom stereocenters. The third-order valence-electron chi connectivity index (χ3n) is 4.05. The van der Waals surface area contributed by atoms with E-state index in [9.17, 15) is 0 Å². The summed E-state index contributed by atoms with van der Waals surface area (Å²) >= 11 is 0. The molecule has 0 aromatic rings. The molecule has 94 valence electrons. The van der Waals surface area contributed by atoms with Gasteiger partial charge in [0, 0.05) is 18.6 Å². The van der Waals surface area contributed by atoms with E-state index in [1.807, 2.05) is 0 Å². The first kappa shape index (κ1) is 12.3. The molecule has 0 amide bonds. The number of nitrogens with one attached hydrogen (secondary N) is 1. The lowest BCUT2D eigenvalue weighted by Crippen LogP contribution is -2.52. The van der Waals surface area contributed by atoms with E-state index in [0.717, 1.165) is 6.04 Å². The summed E-state index contributed by atoms with van der Waals surface area (Å²) in [6.45, 7) is 6.92. The fourth-order valence-corrected chi connectivity index (χ4v) is 3.24. The summed E-state index contributed by atoms with van der Waals surface area (Å²) in [5.74, 6) is 0. The predicted octanol–water partition coefficient (Wildman–Crippen LogP) is 1.63. The second-order valence-electron chi connectivity index (χ2n) is 5.51. The van der Waals surface area contributed by atoms with Gasteiger partial charge in [-0.2, -0.15) is 0 Å². The fraction of sp³-hybridized carbons (Fsp3) is 1.00. The average Bonchev–Trinajstić information content (AvgIpc) is 2.28. The molecular formula is C13H26N2O. The Hall–Kier alpha value is -0.120. The second-order valence-corrected chi connectivity index (χ2v) is 5.51. The average molecular weight is 226 g/mol. The highest BCUT2D eigenvalue weighted by Crippen LogP contribution is 2.25. The Morgan fingerprint density at radius 3 is 2.50 bits per heavy atom. The molecule has 2 aliphatic heterocycles. The van der Waals surface area contributed by atoms with Crippen LogP contribution in [-0.2, 0) is 4.74 Å². The molecule has 0 aromatic carbocycles. The minimum absolute atomic E-state index is 0.434. The van der Waals surface area contributed by atoms with Crippen molar-refractivity contribution in [3.63, 3.8) is 0 Å². The maximum atomic E-state index is 5.82. The summed E-state index contributed by atoms with van der Waals surface area (Å²) in [5, 5.41) is 3.42. The quantitative estimate of drug-likeness (QED) is 0.774. The van der Waals surface area contributed by atoms with Crippen LogP contribution < -0.4 is 5.32 Å². The Balaban J connectivity index is 1.90. The highest BCUT2D eigenvalue weighted by Gasteiger charge is 2.31. The lowest BCUT2D eigenvalue weighted by molar-refractivity contribution is -0.0692. The number of likely N-dealkylation sites (tertiary alicyclic amines) is 1. The third-order valence-corrected chi connectivity index (χ3v) is 4.05. The minimum atomic E-state index is 0.434. The second kappa shape index (κ2) is 5.48. The van der Waals surface area contributed by atoms with E-state index in [4.69, 9.17) is 4.74 Å². The van der Waals surface area contributed by atoms with Crippen molar-refractivity contribution < 1.29 is 4.74 Å². The smallest absolute Gasteiger partial charge is 0.0565 e. The first-order valence-electron chi connectivity index (χ1n) is 6.75. The topological polar surface area (TPSA) is 24.5 Å². The van der Waals surface area contributed by atoms with Crippen LogP contribution in [0.3, 0.4) is 0 Å². The zero-order valence-corrected chi connectivity index (χ0v) is 10.9. The van der Waals surface area contributed by atoms with E-state index in [1.54, 1.807) is 0 Å². The lowest BCUT2D eigenvalue weighted by Gasteiger charge is -2.43. The van der Waals surface area contributed by atoms with E-state index in [1.165, 1.54) is 38.8 Å². The van der Waals surface area contributed by atoms with Gasteiger partial charge in [-0.1, -0.05) is 0 Å². The van der Waals surface area contributed by atoms with Gasteiger partial charge in [0.25, 0.3) is 0 Å². The zero-order valence-electron chi connectivity index (χ0n) is 10.9. The van der Waals surface area contributed by atoms with Crippen molar-refractivity contribution in [1.29, 1.82) is 0 Å². The van der Waals surface area contributed by atoms with Gasteiger partial charge in [0.2, 0.25) is 0 Å². The van der Waals surface area contributed by atoms with Gasteiger partial charge in [-0.15, -0.1) is 0 Å². The predicted molar refractivity (Wildman–Crippen MR) is 66.7 cm³/mol. The van der Waals surface area contributed by atoms with Crippen molar-refractivity contribution in [2.45, 2.75) is 63.8 Å².